The van der Waals surface area contributed by atoms with Gasteiger partial charge in [-0.15, -0.1) is 0 Å². The molecule has 1 unspecified atom stereocenters. The van der Waals surface area contributed by atoms with E-state index < -0.39 is 0 Å². The van der Waals surface area contributed by atoms with Gasteiger partial charge in [0, 0.05) is 16.1 Å². The Morgan fingerprint density at radius 3 is 2.44 bits per heavy atom. The van der Waals surface area contributed by atoms with Gasteiger partial charge in [0.25, 0.3) is 0 Å². The largest absolute Gasteiger partial charge is 0.472 e. The van der Waals surface area contributed by atoms with Gasteiger partial charge in [0.2, 0.25) is 0 Å². The predicted molar refractivity (Wildman–Crippen MR) is 65.8 cm³/mol. The maximum atomic E-state index is 6.07. The van der Waals surface area contributed by atoms with E-state index in [1.807, 2.05) is 18.2 Å². The highest BCUT2D eigenvalue weighted by molar-refractivity contribution is 6.34. The first-order chi connectivity index (χ1) is 7.65. The SMILES string of the molecule is NC(Cc1ccoc1)c1cc(Cl)cc(Cl)c1. The molecule has 0 saturated carbocycles. The maximum absolute atomic E-state index is 6.07. The number of nitrogens with two attached hydrogens (primary N) is 1. The summed E-state index contributed by atoms with van der Waals surface area (Å²) >= 11 is 11.8. The molecule has 1 aromatic carbocycles. The summed E-state index contributed by atoms with van der Waals surface area (Å²) in [5.74, 6) is 0. The first-order valence-corrected chi connectivity index (χ1v) is 5.63. The highest BCUT2D eigenvalue weighted by atomic mass is 35.5. The molecule has 1 aromatic heterocycles. The van der Waals surface area contributed by atoms with Crippen molar-refractivity contribution in [2.75, 3.05) is 0 Å². The van der Waals surface area contributed by atoms with Crippen molar-refractivity contribution in [3.8, 4) is 0 Å². The van der Waals surface area contributed by atoms with Crippen molar-refractivity contribution in [2.24, 2.45) is 5.73 Å². The van der Waals surface area contributed by atoms with Crippen LogP contribution >= 0.6 is 23.2 Å². The molecule has 0 aliphatic rings. The summed E-state index contributed by atoms with van der Waals surface area (Å²) in [4.78, 5) is 0. The van der Waals surface area contributed by atoms with Crippen molar-refractivity contribution >= 4 is 23.2 Å². The second-order valence-corrected chi connectivity index (χ2v) is 4.52. The zero-order chi connectivity index (χ0) is 11.5. The Morgan fingerprint density at radius 1 is 1.19 bits per heavy atom. The van der Waals surface area contributed by atoms with Crippen LogP contribution in [0.5, 0.6) is 0 Å². The molecule has 0 amide bonds. The summed E-state index contributed by atoms with van der Waals surface area (Å²) in [6, 6.07) is 7.12. The minimum Gasteiger partial charge on any atom is -0.472 e. The monoisotopic (exact) mass is 255 g/mol. The number of halogens is 2. The second kappa shape index (κ2) is 4.91. The number of hydrogen-bond donors (Lipinski definition) is 1. The molecule has 16 heavy (non-hydrogen) atoms. The molecule has 84 valence electrons. The normalized spacial score (nSPS) is 12.7. The van der Waals surface area contributed by atoms with Crippen LogP contribution in [-0.4, -0.2) is 0 Å². The molecule has 1 heterocycles. The first-order valence-electron chi connectivity index (χ1n) is 4.88. The van der Waals surface area contributed by atoms with Crippen LogP contribution in [0.4, 0.5) is 0 Å². The summed E-state index contributed by atoms with van der Waals surface area (Å²) in [5.41, 5.74) is 8.05. The Bertz CT molecular complexity index is 448. The first kappa shape index (κ1) is 11.5. The quantitative estimate of drug-likeness (QED) is 0.906. The molecule has 0 aliphatic carbocycles. The van der Waals surface area contributed by atoms with Crippen molar-refractivity contribution in [2.45, 2.75) is 12.5 Å². The Morgan fingerprint density at radius 2 is 1.88 bits per heavy atom. The lowest BCUT2D eigenvalue weighted by Gasteiger charge is -2.11. The van der Waals surface area contributed by atoms with E-state index in [4.69, 9.17) is 33.4 Å². The Balaban J connectivity index is 2.17. The van der Waals surface area contributed by atoms with Gasteiger partial charge < -0.3 is 10.2 Å². The van der Waals surface area contributed by atoms with Crippen LogP contribution in [0, 0.1) is 0 Å². The molecule has 2 rings (SSSR count). The van der Waals surface area contributed by atoms with Crippen molar-refractivity contribution in [1.29, 1.82) is 0 Å². The maximum Gasteiger partial charge on any atom is 0.0935 e. The lowest BCUT2D eigenvalue weighted by atomic mass is 10.0. The summed E-state index contributed by atoms with van der Waals surface area (Å²) in [6.07, 6.45) is 4.02. The molecular formula is C12H11Cl2NO. The predicted octanol–water partition coefficient (Wildman–Crippen LogP) is 3.83. The molecule has 0 spiro atoms. The number of rotatable bonds is 3. The minimum atomic E-state index is -0.131. The van der Waals surface area contributed by atoms with Gasteiger partial charge >= 0.3 is 0 Å². The van der Waals surface area contributed by atoms with Crippen LogP contribution in [0.2, 0.25) is 10.0 Å². The topological polar surface area (TPSA) is 39.2 Å². The lowest BCUT2D eigenvalue weighted by molar-refractivity contribution is 0.561. The van der Waals surface area contributed by atoms with Crippen molar-refractivity contribution < 1.29 is 4.42 Å². The lowest BCUT2D eigenvalue weighted by Crippen LogP contribution is -2.12. The van der Waals surface area contributed by atoms with Crippen LogP contribution in [0.3, 0.4) is 0 Å². The average molecular weight is 256 g/mol. The van der Waals surface area contributed by atoms with Crippen LogP contribution in [0.15, 0.2) is 41.2 Å². The Kier molecular flexibility index (Phi) is 3.54. The second-order valence-electron chi connectivity index (χ2n) is 3.64. The molecule has 0 aliphatic heterocycles. The van der Waals surface area contributed by atoms with Gasteiger partial charge in [-0.2, -0.15) is 0 Å². The van der Waals surface area contributed by atoms with Gasteiger partial charge in [-0.1, -0.05) is 23.2 Å². The third-order valence-corrected chi connectivity index (χ3v) is 2.79. The fraction of sp³-hybridized carbons (Fsp3) is 0.167. The summed E-state index contributed by atoms with van der Waals surface area (Å²) in [5, 5.41) is 1.20. The van der Waals surface area contributed by atoms with Crippen LogP contribution in [-0.2, 0) is 6.42 Å². The molecule has 0 fully saturated rings. The standard InChI is InChI=1S/C12H11Cl2NO/c13-10-4-9(5-11(14)6-10)12(15)3-8-1-2-16-7-8/h1-2,4-7,12H,3,15H2. The fourth-order valence-electron chi connectivity index (χ4n) is 1.57. The van der Waals surface area contributed by atoms with Crippen LogP contribution in [0.1, 0.15) is 17.2 Å². The van der Waals surface area contributed by atoms with Gasteiger partial charge in [-0.3, -0.25) is 0 Å². The molecule has 0 saturated heterocycles. The van der Waals surface area contributed by atoms with Gasteiger partial charge in [0.15, 0.2) is 0 Å². The smallest absolute Gasteiger partial charge is 0.0935 e. The van der Waals surface area contributed by atoms with Crippen molar-refractivity contribution in [3.05, 3.63) is 58.0 Å². The molecule has 4 heteroatoms. The zero-order valence-corrected chi connectivity index (χ0v) is 10.0. The van der Waals surface area contributed by atoms with Gasteiger partial charge in [0.1, 0.15) is 0 Å². The van der Waals surface area contributed by atoms with E-state index in [1.54, 1.807) is 18.6 Å². The van der Waals surface area contributed by atoms with E-state index >= 15 is 0 Å². The van der Waals surface area contributed by atoms with Crippen LogP contribution in [0.25, 0.3) is 0 Å². The zero-order valence-electron chi connectivity index (χ0n) is 8.49. The molecule has 0 radical (unpaired) electrons. The van der Waals surface area contributed by atoms with Gasteiger partial charge in [-0.05, 0) is 41.8 Å². The van der Waals surface area contributed by atoms with E-state index in [2.05, 4.69) is 0 Å². The van der Waals surface area contributed by atoms with E-state index in [9.17, 15) is 0 Å². The van der Waals surface area contributed by atoms with E-state index in [0.717, 1.165) is 11.1 Å². The van der Waals surface area contributed by atoms with E-state index in [1.165, 1.54) is 0 Å². The number of hydrogen-bond acceptors (Lipinski definition) is 2. The molecule has 2 N–H and O–H groups in total. The third-order valence-electron chi connectivity index (χ3n) is 2.35. The van der Waals surface area contributed by atoms with E-state index in [0.29, 0.717) is 16.5 Å². The molecule has 2 nitrogen and oxygen atoms in total. The molecular weight excluding hydrogens is 245 g/mol. The average Bonchev–Trinajstić information content (AvgIpc) is 2.68. The van der Waals surface area contributed by atoms with Gasteiger partial charge in [-0.25, -0.2) is 0 Å². The van der Waals surface area contributed by atoms with E-state index in [-0.39, 0.29) is 6.04 Å². The van der Waals surface area contributed by atoms with Crippen LogP contribution < -0.4 is 5.73 Å². The molecule has 1 atom stereocenters. The summed E-state index contributed by atoms with van der Waals surface area (Å²) < 4.78 is 4.99. The fourth-order valence-corrected chi connectivity index (χ4v) is 2.11. The van der Waals surface area contributed by atoms with Crippen molar-refractivity contribution in [3.63, 3.8) is 0 Å². The Labute approximate surface area is 104 Å². The molecule has 0 bridgehead atoms. The third kappa shape index (κ3) is 2.79. The van der Waals surface area contributed by atoms with Crippen molar-refractivity contribution in [1.82, 2.24) is 0 Å². The minimum absolute atomic E-state index is 0.131. The highest BCUT2D eigenvalue weighted by Crippen LogP contribution is 2.24. The Hall–Kier alpha value is -0.960. The highest BCUT2D eigenvalue weighted by Gasteiger charge is 2.09. The number of benzene rings is 1. The summed E-state index contributed by atoms with van der Waals surface area (Å²) in [6.45, 7) is 0. The van der Waals surface area contributed by atoms with Gasteiger partial charge in [0.05, 0.1) is 12.5 Å². The number of furan rings is 1. The summed E-state index contributed by atoms with van der Waals surface area (Å²) in [7, 11) is 0. The molecule has 2 aromatic rings.